The largest absolute Gasteiger partial charge is 0.380 e. The number of rotatable bonds is 8. The molecule has 3 aromatic rings. The highest BCUT2D eigenvalue weighted by Crippen LogP contribution is 2.42. The summed E-state index contributed by atoms with van der Waals surface area (Å²) in [5, 5.41) is 3.87. The van der Waals surface area contributed by atoms with Crippen LogP contribution in [0.25, 0.3) is 0 Å². The van der Waals surface area contributed by atoms with Crippen molar-refractivity contribution < 1.29 is 18.3 Å². The fourth-order valence-corrected chi connectivity index (χ4v) is 4.12. The average Bonchev–Trinajstić information content (AvgIpc) is 3.45. The van der Waals surface area contributed by atoms with E-state index >= 15 is 0 Å². The fourth-order valence-electron chi connectivity index (χ4n) is 3.55. The van der Waals surface area contributed by atoms with Gasteiger partial charge in [-0.2, -0.15) is 0 Å². The van der Waals surface area contributed by atoms with Crippen LogP contribution in [0.1, 0.15) is 57.1 Å². The molecule has 1 saturated carbocycles. The zero-order valence-electron chi connectivity index (χ0n) is 16.5. The van der Waals surface area contributed by atoms with Crippen LogP contribution in [-0.2, 0) is 28.6 Å². The van der Waals surface area contributed by atoms with Crippen LogP contribution in [0.5, 0.6) is 0 Å². The van der Waals surface area contributed by atoms with Crippen LogP contribution < -0.4 is 0 Å². The molecule has 2 aromatic carbocycles. The summed E-state index contributed by atoms with van der Waals surface area (Å²) in [6.07, 6.45) is 5.77. The number of hydrogen-bond acceptors (Lipinski definition) is 5. The summed E-state index contributed by atoms with van der Waals surface area (Å²) in [7, 11) is 0.532. The smallest absolute Gasteiger partial charge is 0.198 e. The molecule has 150 valence electrons. The Labute approximate surface area is 172 Å². The number of nitrogens with zero attached hydrogens (tertiary/aromatic N) is 1. The van der Waals surface area contributed by atoms with Crippen LogP contribution in [0.2, 0.25) is 0 Å². The van der Waals surface area contributed by atoms with Crippen LogP contribution in [0, 0.1) is 0 Å². The van der Waals surface area contributed by atoms with Gasteiger partial charge >= 0.3 is 0 Å². The number of benzene rings is 2. The molecule has 1 aromatic heterocycles. The van der Waals surface area contributed by atoms with Crippen LogP contribution in [0.3, 0.4) is 0 Å². The van der Waals surface area contributed by atoms with E-state index in [4.69, 9.17) is 9.26 Å². The van der Waals surface area contributed by atoms with E-state index in [-0.39, 0.29) is 5.78 Å². The Morgan fingerprint density at radius 3 is 2.59 bits per heavy atom. The molecule has 0 N–H and O–H groups in total. The molecule has 5 nitrogen and oxygen atoms in total. The summed E-state index contributed by atoms with van der Waals surface area (Å²) in [6.45, 7) is 0.496. The molecule has 0 amide bonds. The lowest BCUT2D eigenvalue weighted by molar-refractivity contribution is 0.103. The maximum atomic E-state index is 13.4. The van der Waals surface area contributed by atoms with Crippen molar-refractivity contribution in [2.75, 3.05) is 13.4 Å². The molecule has 1 fully saturated rings. The lowest BCUT2D eigenvalue weighted by Gasteiger charge is -2.13. The van der Waals surface area contributed by atoms with E-state index in [1.165, 1.54) is 6.20 Å². The molecule has 0 bridgehead atoms. The van der Waals surface area contributed by atoms with Crippen LogP contribution in [-0.4, -0.2) is 28.5 Å². The summed E-state index contributed by atoms with van der Waals surface area (Å²) in [5.41, 5.74) is 4.12. The number of hydrogen-bond donors (Lipinski definition) is 0. The minimum absolute atomic E-state index is 0.0965. The molecular weight excluding hydrogens is 386 g/mol. The zero-order valence-corrected chi connectivity index (χ0v) is 17.3. The SMILES string of the molecule is COCc1ccccc1Cc1cc(S(C)=O)ccc1C(=O)c1cnoc1C1CC1. The first-order chi connectivity index (χ1) is 14.1. The third kappa shape index (κ3) is 4.23. The van der Waals surface area contributed by atoms with Crippen molar-refractivity contribution in [3.05, 3.63) is 82.2 Å². The summed E-state index contributed by atoms with van der Waals surface area (Å²) in [6, 6.07) is 13.4. The first-order valence-corrected chi connectivity index (χ1v) is 11.2. The second kappa shape index (κ2) is 8.43. The highest BCUT2D eigenvalue weighted by Gasteiger charge is 2.33. The first kappa shape index (κ1) is 19.7. The molecule has 1 heterocycles. The van der Waals surface area contributed by atoms with Gasteiger partial charge in [0.25, 0.3) is 0 Å². The van der Waals surface area contributed by atoms with Gasteiger partial charge in [-0.15, -0.1) is 0 Å². The Balaban J connectivity index is 1.75. The van der Waals surface area contributed by atoms with E-state index in [1.807, 2.05) is 30.3 Å². The molecule has 0 saturated heterocycles. The van der Waals surface area contributed by atoms with E-state index in [0.717, 1.165) is 29.5 Å². The maximum Gasteiger partial charge on any atom is 0.198 e. The second-order valence-corrected chi connectivity index (χ2v) is 8.74. The van der Waals surface area contributed by atoms with Gasteiger partial charge in [0.1, 0.15) is 0 Å². The summed E-state index contributed by atoms with van der Waals surface area (Å²) in [4.78, 5) is 14.1. The van der Waals surface area contributed by atoms with Gasteiger partial charge in [0, 0.05) is 40.5 Å². The molecule has 0 aliphatic heterocycles. The number of carbonyl (C=O) groups excluding carboxylic acids is 1. The molecule has 6 heteroatoms. The van der Waals surface area contributed by atoms with E-state index in [2.05, 4.69) is 5.16 Å². The Kier molecular flexibility index (Phi) is 5.74. The van der Waals surface area contributed by atoms with E-state index in [9.17, 15) is 9.00 Å². The van der Waals surface area contributed by atoms with E-state index in [0.29, 0.717) is 40.7 Å². The molecule has 1 unspecified atom stereocenters. The molecule has 4 rings (SSSR count). The third-order valence-electron chi connectivity index (χ3n) is 5.24. The highest BCUT2D eigenvalue weighted by molar-refractivity contribution is 7.84. The zero-order chi connectivity index (χ0) is 20.4. The van der Waals surface area contributed by atoms with Crippen molar-refractivity contribution in [1.82, 2.24) is 5.16 Å². The standard InChI is InChI=1S/C23H23NO4S/c1-27-14-17-6-4-3-5-16(17)11-18-12-19(29(2)26)9-10-20(18)22(25)21-13-24-28-23(21)15-7-8-15/h3-6,9-10,12-13,15H,7-8,11,14H2,1-2H3. The first-order valence-electron chi connectivity index (χ1n) is 9.59. The van der Waals surface area contributed by atoms with Crippen LogP contribution >= 0.6 is 0 Å². The normalized spacial score (nSPS) is 14.7. The monoisotopic (exact) mass is 409 g/mol. The third-order valence-corrected chi connectivity index (χ3v) is 6.16. The van der Waals surface area contributed by atoms with Crippen molar-refractivity contribution in [1.29, 1.82) is 0 Å². The fraction of sp³-hybridized carbons (Fsp3) is 0.304. The summed E-state index contributed by atoms with van der Waals surface area (Å²) < 4.78 is 22.7. The molecule has 0 spiro atoms. The predicted octanol–water partition coefficient (Wildman–Crippen LogP) is 4.26. The minimum Gasteiger partial charge on any atom is -0.380 e. The van der Waals surface area contributed by atoms with Gasteiger partial charge in [0.2, 0.25) is 0 Å². The lowest BCUT2D eigenvalue weighted by Crippen LogP contribution is -2.09. The van der Waals surface area contributed by atoms with E-state index in [1.54, 1.807) is 25.5 Å². The number of ether oxygens (including phenoxy) is 1. The van der Waals surface area contributed by atoms with Crippen molar-refractivity contribution in [2.24, 2.45) is 0 Å². The van der Waals surface area contributed by atoms with Crippen LogP contribution in [0.15, 0.2) is 58.1 Å². The van der Waals surface area contributed by atoms with Gasteiger partial charge in [-0.1, -0.05) is 29.4 Å². The molecule has 0 radical (unpaired) electrons. The minimum atomic E-state index is -1.13. The van der Waals surface area contributed by atoms with Gasteiger partial charge < -0.3 is 9.26 Å². The van der Waals surface area contributed by atoms with Gasteiger partial charge in [0.15, 0.2) is 11.5 Å². The second-order valence-electron chi connectivity index (χ2n) is 7.36. The van der Waals surface area contributed by atoms with Gasteiger partial charge in [-0.25, -0.2) is 0 Å². The van der Waals surface area contributed by atoms with Crippen molar-refractivity contribution >= 4 is 16.6 Å². The number of methoxy groups -OCH3 is 1. The van der Waals surface area contributed by atoms with Crippen molar-refractivity contribution in [3.8, 4) is 0 Å². The number of ketones is 1. The topological polar surface area (TPSA) is 69.4 Å². The maximum absolute atomic E-state index is 13.4. The molecule has 1 aliphatic carbocycles. The quantitative estimate of drug-likeness (QED) is 0.520. The average molecular weight is 410 g/mol. The predicted molar refractivity (Wildman–Crippen MR) is 111 cm³/mol. The number of aromatic nitrogens is 1. The highest BCUT2D eigenvalue weighted by atomic mass is 32.2. The van der Waals surface area contributed by atoms with Gasteiger partial charge in [-0.05, 0) is 54.2 Å². The van der Waals surface area contributed by atoms with Gasteiger partial charge in [0.05, 0.1) is 18.4 Å². The van der Waals surface area contributed by atoms with E-state index < -0.39 is 10.8 Å². The number of carbonyl (C=O) groups is 1. The Morgan fingerprint density at radius 1 is 1.14 bits per heavy atom. The van der Waals surface area contributed by atoms with Crippen molar-refractivity contribution in [3.63, 3.8) is 0 Å². The van der Waals surface area contributed by atoms with Crippen molar-refractivity contribution in [2.45, 2.75) is 36.7 Å². The summed E-state index contributed by atoms with van der Waals surface area (Å²) >= 11 is 0. The lowest BCUT2D eigenvalue weighted by atomic mass is 9.92. The molecule has 1 atom stereocenters. The van der Waals surface area contributed by atoms with Gasteiger partial charge in [-0.3, -0.25) is 9.00 Å². The molecule has 1 aliphatic rings. The Hall–Kier alpha value is -2.57. The molecular formula is C23H23NO4S. The Morgan fingerprint density at radius 2 is 1.90 bits per heavy atom. The summed E-state index contributed by atoms with van der Waals surface area (Å²) in [5.74, 6) is 0.884. The molecule has 29 heavy (non-hydrogen) atoms. The van der Waals surface area contributed by atoms with Crippen LogP contribution in [0.4, 0.5) is 0 Å². The Bertz CT molecular complexity index is 1070.